The zero-order valence-corrected chi connectivity index (χ0v) is 23.7. The number of hydrogen-bond donors (Lipinski definition) is 1. The SMILES string of the molecule is CCOC(=O)C1=C(C(OCC)OCC)NC(C)=C(C(=O)OCCOCc2ccccc2)C1c1cccc([N+](=O)[O-])c1. The van der Waals surface area contributed by atoms with Gasteiger partial charge in [-0.25, -0.2) is 9.59 Å². The van der Waals surface area contributed by atoms with Crippen LogP contribution in [-0.4, -0.2) is 56.2 Å². The summed E-state index contributed by atoms with van der Waals surface area (Å²) in [7, 11) is 0. The molecule has 2 aromatic rings. The molecule has 0 saturated carbocycles. The highest BCUT2D eigenvalue weighted by Gasteiger charge is 2.41. The van der Waals surface area contributed by atoms with Gasteiger partial charge in [-0.05, 0) is 38.8 Å². The van der Waals surface area contributed by atoms with Crippen molar-refractivity contribution >= 4 is 17.6 Å². The van der Waals surface area contributed by atoms with E-state index in [-0.39, 0.29) is 55.6 Å². The van der Waals surface area contributed by atoms with Crippen LogP contribution in [0.2, 0.25) is 0 Å². The minimum atomic E-state index is -1.06. The minimum absolute atomic E-state index is 0.0390. The van der Waals surface area contributed by atoms with E-state index in [0.29, 0.717) is 17.9 Å². The van der Waals surface area contributed by atoms with E-state index in [1.165, 1.54) is 18.2 Å². The zero-order chi connectivity index (χ0) is 29.8. The number of nitro groups is 1. The maximum absolute atomic E-state index is 13.6. The van der Waals surface area contributed by atoms with Gasteiger partial charge in [0.1, 0.15) is 6.61 Å². The number of carbonyl (C=O) groups excluding carboxylic acids is 2. The number of rotatable bonds is 15. The summed E-state index contributed by atoms with van der Waals surface area (Å²) >= 11 is 0. The van der Waals surface area contributed by atoms with E-state index in [4.69, 9.17) is 23.7 Å². The molecule has 0 aromatic heterocycles. The monoisotopic (exact) mass is 568 g/mol. The molecule has 0 aliphatic carbocycles. The molecule has 1 aliphatic heterocycles. The number of hydrogen-bond acceptors (Lipinski definition) is 10. The van der Waals surface area contributed by atoms with Crippen LogP contribution in [-0.2, 0) is 39.9 Å². The van der Waals surface area contributed by atoms with Crippen molar-refractivity contribution in [3.05, 3.63) is 98.4 Å². The van der Waals surface area contributed by atoms with E-state index in [9.17, 15) is 19.7 Å². The second-order valence-electron chi connectivity index (χ2n) is 8.91. The molecule has 41 heavy (non-hydrogen) atoms. The van der Waals surface area contributed by atoms with Gasteiger partial charge < -0.3 is 29.0 Å². The third-order valence-electron chi connectivity index (χ3n) is 6.17. The lowest BCUT2D eigenvalue weighted by atomic mass is 9.80. The smallest absolute Gasteiger partial charge is 0.336 e. The summed E-state index contributed by atoms with van der Waals surface area (Å²) in [6.45, 7) is 7.93. The maximum atomic E-state index is 13.6. The van der Waals surface area contributed by atoms with Gasteiger partial charge in [0.25, 0.3) is 5.69 Å². The van der Waals surface area contributed by atoms with Crippen molar-refractivity contribution in [3.63, 3.8) is 0 Å². The molecule has 2 aromatic carbocycles. The van der Waals surface area contributed by atoms with Crippen molar-refractivity contribution in [3.8, 4) is 0 Å². The Labute approximate surface area is 239 Å². The van der Waals surface area contributed by atoms with Crippen LogP contribution in [0.15, 0.2) is 77.1 Å². The Kier molecular flexibility index (Phi) is 12.0. The number of nitrogens with zero attached hydrogens (tertiary/aromatic N) is 1. The van der Waals surface area contributed by atoms with E-state index in [0.717, 1.165) is 5.56 Å². The second-order valence-corrected chi connectivity index (χ2v) is 8.91. The molecule has 1 atom stereocenters. The van der Waals surface area contributed by atoms with Gasteiger partial charge in [-0.3, -0.25) is 10.1 Å². The lowest BCUT2D eigenvalue weighted by Crippen LogP contribution is -2.39. The van der Waals surface area contributed by atoms with Gasteiger partial charge in [-0.1, -0.05) is 42.5 Å². The summed E-state index contributed by atoms with van der Waals surface area (Å²) in [5, 5.41) is 14.7. The topological polar surface area (TPSA) is 135 Å². The van der Waals surface area contributed by atoms with Crippen molar-refractivity contribution < 1.29 is 38.2 Å². The van der Waals surface area contributed by atoms with Gasteiger partial charge in [-0.2, -0.15) is 0 Å². The lowest BCUT2D eigenvalue weighted by molar-refractivity contribution is -0.384. The quantitative estimate of drug-likeness (QED) is 0.107. The summed E-state index contributed by atoms with van der Waals surface area (Å²) in [6, 6.07) is 15.3. The summed E-state index contributed by atoms with van der Waals surface area (Å²) in [5.41, 5.74) is 1.89. The molecule has 11 nitrogen and oxygen atoms in total. The summed E-state index contributed by atoms with van der Waals surface area (Å²) in [6.07, 6.45) is -0.982. The number of ether oxygens (including phenoxy) is 5. The molecular weight excluding hydrogens is 532 g/mol. The lowest BCUT2D eigenvalue weighted by Gasteiger charge is -2.34. The first-order chi connectivity index (χ1) is 19.8. The highest BCUT2D eigenvalue weighted by Crippen LogP contribution is 2.41. The molecule has 0 saturated heterocycles. The summed E-state index contributed by atoms with van der Waals surface area (Å²) in [5.74, 6) is -2.49. The van der Waals surface area contributed by atoms with Crippen LogP contribution in [0.1, 0.15) is 44.7 Å². The van der Waals surface area contributed by atoms with Crippen LogP contribution < -0.4 is 5.32 Å². The molecule has 0 amide bonds. The number of nitro benzene ring substituents is 1. The van der Waals surface area contributed by atoms with Crippen molar-refractivity contribution in [2.24, 2.45) is 0 Å². The molecule has 1 N–H and O–H groups in total. The van der Waals surface area contributed by atoms with E-state index in [1.807, 2.05) is 30.3 Å². The molecule has 220 valence electrons. The van der Waals surface area contributed by atoms with Crippen LogP contribution in [0, 0.1) is 10.1 Å². The normalized spacial score (nSPS) is 15.1. The fourth-order valence-corrected chi connectivity index (χ4v) is 4.45. The zero-order valence-electron chi connectivity index (χ0n) is 23.7. The van der Waals surface area contributed by atoms with Crippen molar-refractivity contribution in [1.82, 2.24) is 5.32 Å². The third-order valence-corrected chi connectivity index (χ3v) is 6.17. The molecule has 1 unspecified atom stereocenters. The second kappa shape index (κ2) is 15.7. The minimum Gasteiger partial charge on any atom is -0.463 e. The fourth-order valence-electron chi connectivity index (χ4n) is 4.45. The van der Waals surface area contributed by atoms with Crippen LogP contribution in [0.4, 0.5) is 5.69 Å². The van der Waals surface area contributed by atoms with Crippen LogP contribution in [0.25, 0.3) is 0 Å². The van der Waals surface area contributed by atoms with Gasteiger partial charge >= 0.3 is 11.9 Å². The Hall–Kier alpha value is -4.06. The van der Waals surface area contributed by atoms with Gasteiger partial charge in [0.15, 0.2) is 6.29 Å². The van der Waals surface area contributed by atoms with Crippen molar-refractivity contribution in [2.45, 2.75) is 46.5 Å². The van der Waals surface area contributed by atoms with Gasteiger partial charge in [-0.15, -0.1) is 0 Å². The molecular formula is C30H36N2O9. The van der Waals surface area contributed by atoms with Gasteiger partial charge in [0.2, 0.25) is 0 Å². The number of esters is 2. The number of carbonyl (C=O) groups is 2. The molecule has 0 fully saturated rings. The Morgan fingerprint density at radius 1 is 0.902 bits per heavy atom. The summed E-state index contributed by atoms with van der Waals surface area (Å²) < 4.78 is 28.2. The fraction of sp³-hybridized carbons (Fsp3) is 0.400. The molecule has 1 aliphatic rings. The average molecular weight is 569 g/mol. The van der Waals surface area contributed by atoms with Gasteiger partial charge in [0.05, 0.1) is 47.5 Å². The average Bonchev–Trinajstić information content (AvgIpc) is 2.96. The number of nitrogens with one attached hydrogen (secondary N) is 1. The molecule has 0 bridgehead atoms. The van der Waals surface area contributed by atoms with Crippen molar-refractivity contribution in [1.29, 1.82) is 0 Å². The standard InChI is InChI=1S/C30H36N2O9/c1-5-38-29(34)26-25(22-14-11-15-23(18-22)32(35)36)24(20(4)31-27(26)30(39-6-2)40-7-3)28(33)41-17-16-37-19-21-12-9-8-10-13-21/h8-15,18,25,30-31H,5-7,16-17,19H2,1-4H3. The van der Waals surface area contributed by atoms with Crippen LogP contribution in [0.3, 0.4) is 0 Å². The Bertz CT molecular complexity index is 1270. The highest BCUT2D eigenvalue weighted by atomic mass is 16.7. The molecule has 11 heteroatoms. The highest BCUT2D eigenvalue weighted by molar-refractivity contribution is 6.00. The molecule has 3 rings (SSSR count). The van der Waals surface area contributed by atoms with Crippen molar-refractivity contribution in [2.75, 3.05) is 33.0 Å². The number of benzene rings is 2. The van der Waals surface area contributed by atoms with Crippen LogP contribution in [0.5, 0.6) is 0 Å². The number of non-ortho nitro benzene ring substituents is 1. The predicted molar refractivity (Wildman–Crippen MR) is 149 cm³/mol. The first-order valence-electron chi connectivity index (χ1n) is 13.5. The molecule has 0 radical (unpaired) electrons. The van der Waals surface area contributed by atoms with E-state index >= 15 is 0 Å². The first kappa shape index (κ1) is 31.5. The number of allylic oxidation sites excluding steroid dienone is 1. The largest absolute Gasteiger partial charge is 0.463 e. The molecule has 0 spiro atoms. The maximum Gasteiger partial charge on any atom is 0.336 e. The summed E-state index contributed by atoms with van der Waals surface area (Å²) in [4.78, 5) is 38.1. The van der Waals surface area contributed by atoms with E-state index < -0.39 is 29.1 Å². The number of dihydropyridines is 1. The molecule has 1 heterocycles. The Morgan fingerprint density at radius 3 is 2.22 bits per heavy atom. The van der Waals surface area contributed by atoms with E-state index in [2.05, 4.69) is 5.32 Å². The van der Waals surface area contributed by atoms with Crippen LogP contribution >= 0.6 is 0 Å². The Balaban J connectivity index is 2.00. The predicted octanol–water partition coefficient (Wildman–Crippen LogP) is 4.53. The Morgan fingerprint density at radius 2 is 1.59 bits per heavy atom. The van der Waals surface area contributed by atoms with E-state index in [1.54, 1.807) is 33.8 Å². The van der Waals surface area contributed by atoms with Gasteiger partial charge in [0, 0.05) is 31.0 Å². The third kappa shape index (κ3) is 8.23. The first-order valence-corrected chi connectivity index (χ1v) is 13.5.